The van der Waals surface area contributed by atoms with Gasteiger partial charge in [0, 0.05) is 12.3 Å². The van der Waals surface area contributed by atoms with Gasteiger partial charge in [-0.2, -0.15) is 0 Å². The Balaban J connectivity index is 1.99. The number of benzene rings is 2. The first-order valence-electron chi connectivity index (χ1n) is 8.69. The Labute approximate surface area is 155 Å². The fraction of sp³-hybridized carbons (Fsp3) is 0.143. The lowest BCUT2D eigenvalue weighted by atomic mass is 10.1. The summed E-state index contributed by atoms with van der Waals surface area (Å²) in [4.78, 5) is 17.4. The van der Waals surface area contributed by atoms with E-state index in [9.17, 15) is 9.18 Å². The van der Waals surface area contributed by atoms with Crippen molar-refractivity contribution in [3.8, 4) is 16.9 Å². The van der Waals surface area contributed by atoms with E-state index in [0.29, 0.717) is 17.6 Å². The topological polar surface area (TPSA) is 49.0 Å². The molecule has 27 heavy (non-hydrogen) atoms. The van der Waals surface area contributed by atoms with Crippen molar-refractivity contribution in [2.45, 2.75) is 13.7 Å². The molecule has 0 amide bonds. The Morgan fingerprint density at radius 1 is 1.07 bits per heavy atom. The molecule has 6 heteroatoms. The highest BCUT2D eigenvalue weighted by Gasteiger charge is 2.17. The van der Waals surface area contributed by atoms with Gasteiger partial charge in [-0.3, -0.25) is 13.9 Å². The van der Waals surface area contributed by atoms with Crippen molar-refractivity contribution in [1.82, 2.24) is 14.1 Å². The molecule has 0 atom stereocenters. The second-order valence-electron chi connectivity index (χ2n) is 6.09. The summed E-state index contributed by atoms with van der Waals surface area (Å²) in [6.07, 6.45) is 1.48. The van der Waals surface area contributed by atoms with E-state index >= 15 is 0 Å². The van der Waals surface area contributed by atoms with E-state index in [4.69, 9.17) is 4.74 Å². The standard InChI is InChI=1S/C21H18FN3O2/c1-2-27-14-24-13-23-20-18(21(24)26)12-19(15-6-4-3-5-7-15)25(20)17-10-8-16(22)9-11-17/h3-13H,2,14H2,1H3. The molecule has 0 bridgehead atoms. The van der Waals surface area contributed by atoms with Crippen LogP contribution in [0.15, 0.2) is 71.8 Å². The number of fused-ring (bicyclic) bond motifs is 1. The molecule has 4 rings (SSSR count). The molecule has 4 aromatic rings. The Morgan fingerprint density at radius 2 is 1.81 bits per heavy atom. The maximum atomic E-state index is 13.4. The SMILES string of the molecule is CCOCn1cnc2c(cc(-c3ccccc3)n2-c2ccc(F)cc2)c1=O. The van der Waals surface area contributed by atoms with Crippen LogP contribution in [-0.4, -0.2) is 20.7 Å². The normalized spacial score (nSPS) is 11.2. The Kier molecular flexibility index (Phi) is 4.56. The molecule has 0 aliphatic heterocycles. The van der Waals surface area contributed by atoms with Crippen molar-refractivity contribution < 1.29 is 9.13 Å². The lowest BCUT2D eigenvalue weighted by Gasteiger charge is -2.11. The summed E-state index contributed by atoms with van der Waals surface area (Å²) in [6, 6.07) is 17.7. The van der Waals surface area contributed by atoms with Gasteiger partial charge in [-0.05, 0) is 42.8 Å². The van der Waals surface area contributed by atoms with Gasteiger partial charge in [-0.1, -0.05) is 30.3 Å². The van der Waals surface area contributed by atoms with Gasteiger partial charge in [0.25, 0.3) is 5.56 Å². The van der Waals surface area contributed by atoms with E-state index in [2.05, 4.69) is 4.98 Å². The average molecular weight is 363 g/mol. The summed E-state index contributed by atoms with van der Waals surface area (Å²) in [6.45, 7) is 2.53. The largest absolute Gasteiger partial charge is 0.361 e. The van der Waals surface area contributed by atoms with Crippen molar-refractivity contribution >= 4 is 11.0 Å². The minimum atomic E-state index is -0.316. The van der Waals surface area contributed by atoms with Gasteiger partial charge in [0.1, 0.15) is 18.9 Å². The van der Waals surface area contributed by atoms with Crippen LogP contribution in [-0.2, 0) is 11.5 Å². The van der Waals surface area contributed by atoms with Gasteiger partial charge in [0.05, 0.1) is 11.1 Å². The zero-order valence-electron chi connectivity index (χ0n) is 14.8. The number of halogens is 1. The number of nitrogens with zero attached hydrogens (tertiary/aromatic N) is 3. The van der Waals surface area contributed by atoms with E-state index in [1.165, 1.54) is 23.0 Å². The molecule has 0 unspecified atom stereocenters. The number of aromatic nitrogens is 3. The second kappa shape index (κ2) is 7.17. The van der Waals surface area contributed by atoms with E-state index < -0.39 is 0 Å². The summed E-state index contributed by atoms with van der Waals surface area (Å²) in [5.41, 5.74) is 2.84. The van der Waals surface area contributed by atoms with E-state index in [0.717, 1.165) is 16.9 Å². The fourth-order valence-corrected chi connectivity index (χ4v) is 3.07. The predicted molar refractivity (Wildman–Crippen MR) is 102 cm³/mol. The van der Waals surface area contributed by atoms with Crippen LogP contribution in [0.2, 0.25) is 0 Å². The third-order valence-electron chi connectivity index (χ3n) is 4.37. The number of rotatable bonds is 5. The van der Waals surface area contributed by atoms with Crippen molar-refractivity contribution in [3.63, 3.8) is 0 Å². The number of ether oxygens (including phenoxy) is 1. The molecule has 0 radical (unpaired) electrons. The lowest BCUT2D eigenvalue weighted by molar-refractivity contribution is 0.0850. The first kappa shape index (κ1) is 17.2. The Bertz CT molecular complexity index is 1130. The van der Waals surface area contributed by atoms with Gasteiger partial charge < -0.3 is 4.74 Å². The van der Waals surface area contributed by atoms with Crippen LogP contribution in [0.3, 0.4) is 0 Å². The van der Waals surface area contributed by atoms with Crippen molar-refractivity contribution in [2.24, 2.45) is 0 Å². The van der Waals surface area contributed by atoms with Gasteiger partial charge in [-0.25, -0.2) is 9.37 Å². The molecule has 2 aromatic heterocycles. The number of hydrogen-bond acceptors (Lipinski definition) is 3. The smallest absolute Gasteiger partial charge is 0.264 e. The van der Waals surface area contributed by atoms with Gasteiger partial charge in [0.2, 0.25) is 0 Å². The quantitative estimate of drug-likeness (QED) is 0.539. The third kappa shape index (κ3) is 3.15. The first-order chi connectivity index (χ1) is 13.2. The van der Waals surface area contributed by atoms with Crippen LogP contribution in [0.1, 0.15) is 6.92 Å². The zero-order chi connectivity index (χ0) is 18.8. The van der Waals surface area contributed by atoms with Gasteiger partial charge in [0.15, 0.2) is 5.65 Å². The highest BCUT2D eigenvalue weighted by molar-refractivity contribution is 5.85. The van der Waals surface area contributed by atoms with Crippen LogP contribution < -0.4 is 5.56 Å². The molecule has 0 aliphatic rings. The molecule has 2 aromatic carbocycles. The predicted octanol–water partition coefficient (Wildman–Crippen LogP) is 3.99. The highest BCUT2D eigenvalue weighted by atomic mass is 19.1. The molecule has 136 valence electrons. The number of hydrogen-bond donors (Lipinski definition) is 0. The minimum Gasteiger partial charge on any atom is -0.361 e. The van der Waals surface area contributed by atoms with Crippen LogP contribution >= 0.6 is 0 Å². The molecule has 0 N–H and O–H groups in total. The second-order valence-corrected chi connectivity index (χ2v) is 6.09. The Hall–Kier alpha value is -3.25. The molecule has 0 aliphatic carbocycles. The minimum absolute atomic E-state index is 0.153. The van der Waals surface area contributed by atoms with E-state index in [1.807, 2.05) is 47.9 Å². The summed E-state index contributed by atoms with van der Waals surface area (Å²) >= 11 is 0. The monoisotopic (exact) mass is 363 g/mol. The van der Waals surface area contributed by atoms with Crippen LogP contribution in [0, 0.1) is 5.82 Å². The average Bonchev–Trinajstić information content (AvgIpc) is 3.09. The van der Waals surface area contributed by atoms with Gasteiger partial charge >= 0.3 is 0 Å². The van der Waals surface area contributed by atoms with Crippen LogP contribution in [0.5, 0.6) is 0 Å². The molecule has 0 fully saturated rings. The van der Waals surface area contributed by atoms with Crippen molar-refractivity contribution in [2.75, 3.05) is 6.61 Å². The summed E-state index contributed by atoms with van der Waals surface area (Å²) < 4.78 is 22.1. The maximum Gasteiger partial charge on any atom is 0.264 e. The first-order valence-corrected chi connectivity index (χ1v) is 8.69. The third-order valence-corrected chi connectivity index (χ3v) is 4.37. The molecule has 0 saturated heterocycles. The summed E-state index contributed by atoms with van der Waals surface area (Å²) in [5.74, 6) is -0.316. The lowest BCUT2D eigenvalue weighted by Crippen LogP contribution is -2.21. The van der Waals surface area contributed by atoms with Gasteiger partial charge in [-0.15, -0.1) is 0 Å². The highest BCUT2D eigenvalue weighted by Crippen LogP contribution is 2.29. The van der Waals surface area contributed by atoms with E-state index in [1.54, 1.807) is 12.1 Å². The molecular formula is C21H18FN3O2. The maximum absolute atomic E-state index is 13.4. The van der Waals surface area contributed by atoms with Crippen molar-refractivity contribution in [1.29, 1.82) is 0 Å². The molecule has 2 heterocycles. The summed E-state index contributed by atoms with van der Waals surface area (Å²) in [7, 11) is 0. The van der Waals surface area contributed by atoms with Crippen LogP contribution in [0.25, 0.3) is 28.0 Å². The zero-order valence-corrected chi connectivity index (χ0v) is 14.8. The molecular weight excluding hydrogens is 345 g/mol. The molecule has 0 saturated carbocycles. The van der Waals surface area contributed by atoms with Crippen molar-refractivity contribution in [3.05, 3.63) is 83.2 Å². The Morgan fingerprint density at radius 3 is 2.52 bits per heavy atom. The van der Waals surface area contributed by atoms with Crippen LogP contribution in [0.4, 0.5) is 4.39 Å². The summed E-state index contributed by atoms with van der Waals surface area (Å²) in [5, 5.41) is 0.486. The fourth-order valence-electron chi connectivity index (χ4n) is 3.07. The molecule has 0 spiro atoms. The molecule has 5 nitrogen and oxygen atoms in total. The van der Waals surface area contributed by atoms with E-state index in [-0.39, 0.29) is 18.1 Å².